The number of nitrogens with zero attached hydrogens (tertiary/aromatic N) is 1. The normalized spacial score (nSPS) is 23.1. The molecule has 0 aromatic heterocycles. The number of aliphatic carboxylic acids is 1. The molecular formula is C28H31F6NO2. The molecule has 0 amide bonds. The van der Waals surface area contributed by atoms with E-state index in [0.717, 1.165) is 61.9 Å². The summed E-state index contributed by atoms with van der Waals surface area (Å²) < 4.78 is 79.3. The van der Waals surface area contributed by atoms with Crippen LogP contribution in [-0.4, -0.2) is 22.5 Å². The van der Waals surface area contributed by atoms with Crippen LogP contribution in [0, 0.1) is 11.8 Å². The van der Waals surface area contributed by atoms with E-state index in [9.17, 15) is 36.2 Å². The van der Waals surface area contributed by atoms with Gasteiger partial charge in [-0.3, -0.25) is 9.69 Å². The number of hydrogen-bond acceptors (Lipinski definition) is 2. The third-order valence-electron chi connectivity index (χ3n) is 7.87. The van der Waals surface area contributed by atoms with Crippen LogP contribution in [0.2, 0.25) is 0 Å². The third kappa shape index (κ3) is 6.67. The Labute approximate surface area is 212 Å². The SMILES string of the molecule is O=C(O)C[C@@H]1CCN([C@@H](c2ccc(C(F)(F)F)cc2)C2CCCCC2)[C@H](c2ccc(C(F)(F)F)cc2)C1. The first-order valence-electron chi connectivity index (χ1n) is 12.8. The number of halogens is 6. The quantitative estimate of drug-likeness (QED) is 0.385. The lowest BCUT2D eigenvalue weighted by molar-refractivity contribution is -0.139. The average molecular weight is 528 g/mol. The molecule has 1 heterocycles. The molecule has 3 nitrogen and oxygen atoms in total. The smallest absolute Gasteiger partial charge is 0.416 e. The van der Waals surface area contributed by atoms with Gasteiger partial charge in [-0.05, 0) is 79.5 Å². The minimum Gasteiger partial charge on any atom is -0.481 e. The molecule has 0 radical (unpaired) electrons. The maximum Gasteiger partial charge on any atom is 0.416 e. The highest BCUT2D eigenvalue weighted by molar-refractivity contribution is 5.67. The van der Waals surface area contributed by atoms with E-state index in [1.54, 1.807) is 0 Å². The summed E-state index contributed by atoms with van der Waals surface area (Å²) in [7, 11) is 0. The first-order chi connectivity index (χ1) is 17.4. The van der Waals surface area contributed by atoms with Crippen molar-refractivity contribution in [2.45, 2.75) is 75.8 Å². The van der Waals surface area contributed by atoms with Gasteiger partial charge in [-0.2, -0.15) is 26.3 Å². The standard InChI is InChI=1S/C28H31F6NO2/c29-27(30,31)22-10-6-19(7-11-22)24-16-18(17-25(36)37)14-15-35(24)26(20-4-2-1-3-5-20)21-8-12-23(13-9-21)28(32,33)34/h6-13,18,20,24,26H,1-5,14-17H2,(H,36,37)/t18-,24+,26-/m1/s1. The highest BCUT2D eigenvalue weighted by atomic mass is 19.4. The monoisotopic (exact) mass is 527 g/mol. The average Bonchev–Trinajstić information content (AvgIpc) is 2.85. The van der Waals surface area contributed by atoms with Crippen molar-refractivity contribution in [2.24, 2.45) is 11.8 Å². The number of likely N-dealkylation sites (tertiary alicyclic amines) is 1. The van der Waals surface area contributed by atoms with Crippen molar-refractivity contribution in [3.8, 4) is 0 Å². The minimum absolute atomic E-state index is 0.0284. The Morgan fingerprint density at radius 1 is 0.838 bits per heavy atom. The Morgan fingerprint density at radius 3 is 1.89 bits per heavy atom. The number of hydrogen-bond donors (Lipinski definition) is 1. The van der Waals surface area contributed by atoms with Gasteiger partial charge in [0.05, 0.1) is 11.1 Å². The van der Waals surface area contributed by atoms with Gasteiger partial charge >= 0.3 is 18.3 Å². The summed E-state index contributed by atoms with van der Waals surface area (Å²) in [5.74, 6) is -0.865. The number of piperidine rings is 1. The molecule has 0 unspecified atom stereocenters. The predicted molar refractivity (Wildman–Crippen MR) is 127 cm³/mol. The number of alkyl halides is 6. The van der Waals surface area contributed by atoms with E-state index in [0.29, 0.717) is 24.9 Å². The fraction of sp³-hybridized carbons (Fsp3) is 0.536. The lowest BCUT2D eigenvalue weighted by atomic mass is 9.76. The van der Waals surface area contributed by atoms with Crippen LogP contribution in [0.1, 0.15) is 85.7 Å². The van der Waals surface area contributed by atoms with Crippen molar-refractivity contribution in [1.82, 2.24) is 4.90 Å². The number of benzene rings is 2. The van der Waals surface area contributed by atoms with Crippen LogP contribution in [-0.2, 0) is 17.1 Å². The molecule has 1 aliphatic heterocycles. The summed E-state index contributed by atoms with van der Waals surface area (Å²) in [4.78, 5) is 13.6. The molecule has 2 aromatic rings. The summed E-state index contributed by atoms with van der Waals surface area (Å²) in [5, 5.41) is 9.37. The summed E-state index contributed by atoms with van der Waals surface area (Å²) >= 11 is 0. The molecule has 202 valence electrons. The lowest BCUT2D eigenvalue weighted by Gasteiger charge is -2.47. The van der Waals surface area contributed by atoms with Crippen LogP contribution in [0.4, 0.5) is 26.3 Å². The molecule has 37 heavy (non-hydrogen) atoms. The molecule has 1 saturated carbocycles. The zero-order chi connectivity index (χ0) is 26.8. The first kappa shape index (κ1) is 27.5. The van der Waals surface area contributed by atoms with E-state index in [4.69, 9.17) is 0 Å². The van der Waals surface area contributed by atoms with Gasteiger partial charge in [0.1, 0.15) is 0 Å². The Bertz CT molecular complexity index is 1040. The topological polar surface area (TPSA) is 40.5 Å². The van der Waals surface area contributed by atoms with E-state index in [1.165, 1.54) is 24.3 Å². The predicted octanol–water partition coefficient (Wildman–Crippen LogP) is 8.27. The van der Waals surface area contributed by atoms with Gasteiger partial charge in [0.15, 0.2) is 0 Å². The van der Waals surface area contributed by atoms with Crippen molar-refractivity contribution in [1.29, 1.82) is 0 Å². The molecule has 1 saturated heterocycles. The van der Waals surface area contributed by atoms with E-state index in [2.05, 4.69) is 4.90 Å². The van der Waals surface area contributed by atoms with Crippen molar-refractivity contribution in [3.63, 3.8) is 0 Å². The molecular weight excluding hydrogens is 496 g/mol. The Morgan fingerprint density at radius 2 is 1.38 bits per heavy atom. The van der Waals surface area contributed by atoms with Crippen LogP contribution < -0.4 is 0 Å². The molecule has 3 atom stereocenters. The minimum atomic E-state index is -4.47. The fourth-order valence-electron chi connectivity index (χ4n) is 6.10. The van der Waals surface area contributed by atoms with Crippen molar-refractivity contribution < 1.29 is 36.2 Å². The molecule has 0 spiro atoms. The molecule has 2 aliphatic rings. The summed E-state index contributed by atoms with van der Waals surface area (Å²) in [6.07, 6.45) is -2.92. The van der Waals surface area contributed by atoms with Crippen LogP contribution >= 0.6 is 0 Å². The fourth-order valence-corrected chi connectivity index (χ4v) is 6.10. The summed E-state index contributed by atoms with van der Waals surface area (Å²) in [6, 6.07) is 9.68. The van der Waals surface area contributed by atoms with Gasteiger partial charge in [0, 0.05) is 18.5 Å². The molecule has 1 N–H and O–H groups in total. The molecule has 0 bridgehead atoms. The van der Waals surface area contributed by atoms with E-state index >= 15 is 0 Å². The molecule has 9 heteroatoms. The van der Waals surface area contributed by atoms with Gasteiger partial charge in [-0.25, -0.2) is 0 Å². The lowest BCUT2D eigenvalue weighted by Crippen LogP contribution is -2.43. The molecule has 2 aromatic carbocycles. The molecule has 2 fully saturated rings. The number of rotatable bonds is 6. The van der Waals surface area contributed by atoms with Gasteiger partial charge in [0.2, 0.25) is 0 Å². The Kier molecular flexibility index (Phi) is 8.21. The zero-order valence-electron chi connectivity index (χ0n) is 20.4. The summed E-state index contributed by atoms with van der Waals surface area (Å²) in [6.45, 7) is 0.520. The maximum atomic E-state index is 13.2. The van der Waals surface area contributed by atoms with E-state index in [1.807, 2.05) is 0 Å². The largest absolute Gasteiger partial charge is 0.481 e. The zero-order valence-corrected chi connectivity index (χ0v) is 20.4. The van der Waals surface area contributed by atoms with Gasteiger partial charge < -0.3 is 5.11 Å². The van der Waals surface area contributed by atoms with Crippen LogP contribution in [0.5, 0.6) is 0 Å². The second-order valence-corrected chi connectivity index (χ2v) is 10.3. The second-order valence-electron chi connectivity index (χ2n) is 10.3. The van der Waals surface area contributed by atoms with Gasteiger partial charge in [0.25, 0.3) is 0 Å². The van der Waals surface area contributed by atoms with E-state index in [-0.39, 0.29) is 30.3 Å². The second kappa shape index (κ2) is 11.1. The molecule has 1 aliphatic carbocycles. The van der Waals surface area contributed by atoms with Gasteiger partial charge in [-0.1, -0.05) is 43.5 Å². The van der Waals surface area contributed by atoms with Crippen molar-refractivity contribution in [2.75, 3.05) is 6.54 Å². The van der Waals surface area contributed by atoms with Crippen LogP contribution in [0.25, 0.3) is 0 Å². The van der Waals surface area contributed by atoms with Crippen LogP contribution in [0.3, 0.4) is 0 Å². The highest BCUT2D eigenvalue weighted by Gasteiger charge is 2.40. The highest BCUT2D eigenvalue weighted by Crippen LogP contribution is 2.47. The van der Waals surface area contributed by atoms with Crippen molar-refractivity contribution in [3.05, 3.63) is 70.8 Å². The van der Waals surface area contributed by atoms with E-state index < -0.39 is 29.4 Å². The summed E-state index contributed by atoms with van der Waals surface area (Å²) in [5.41, 5.74) is -0.0605. The Hall–Kier alpha value is -2.55. The van der Waals surface area contributed by atoms with Gasteiger partial charge in [-0.15, -0.1) is 0 Å². The Balaban J connectivity index is 1.72. The molecule has 4 rings (SSSR count). The number of carboxylic acid groups (broad SMARTS) is 1. The number of carbonyl (C=O) groups is 1. The number of carboxylic acids is 1. The van der Waals surface area contributed by atoms with Crippen LogP contribution in [0.15, 0.2) is 48.5 Å². The van der Waals surface area contributed by atoms with Crippen molar-refractivity contribution >= 4 is 5.97 Å². The third-order valence-corrected chi connectivity index (χ3v) is 7.87. The maximum absolute atomic E-state index is 13.2. The first-order valence-corrected chi connectivity index (χ1v) is 12.8.